The Balaban J connectivity index is 2.82. The Bertz CT molecular complexity index is 265. The maximum absolute atomic E-state index is 3.78. The van der Waals surface area contributed by atoms with Gasteiger partial charge in [-0.25, -0.2) is 0 Å². The van der Waals surface area contributed by atoms with Gasteiger partial charge in [0, 0.05) is 10.9 Å². The van der Waals surface area contributed by atoms with Gasteiger partial charge in [-0.3, -0.25) is 0 Å². The molecule has 1 nitrogen and oxygen atoms in total. The highest BCUT2D eigenvalue weighted by Crippen LogP contribution is 2.27. The van der Waals surface area contributed by atoms with Crippen molar-refractivity contribution < 1.29 is 0 Å². The monoisotopic (exact) mass is 195 g/mol. The van der Waals surface area contributed by atoms with E-state index in [1.807, 2.05) is 24.5 Å². The van der Waals surface area contributed by atoms with E-state index in [1.54, 1.807) is 0 Å². The van der Waals surface area contributed by atoms with Gasteiger partial charge in [-0.05, 0) is 36.9 Å². The van der Waals surface area contributed by atoms with Crippen LogP contribution in [0.15, 0.2) is 24.1 Å². The summed E-state index contributed by atoms with van der Waals surface area (Å²) in [5.74, 6) is 0. The molecule has 0 amide bonds. The molecule has 0 spiro atoms. The van der Waals surface area contributed by atoms with Crippen LogP contribution in [0.2, 0.25) is 0 Å². The molecule has 72 valence electrons. The predicted octanol–water partition coefficient (Wildman–Crippen LogP) is 3.15. The third kappa shape index (κ3) is 2.42. The van der Waals surface area contributed by atoms with Crippen molar-refractivity contribution in [2.75, 3.05) is 7.05 Å². The molecule has 0 fully saturated rings. The van der Waals surface area contributed by atoms with Gasteiger partial charge in [-0.15, -0.1) is 17.9 Å². The molecule has 0 saturated heterocycles. The van der Waals surface area contributed by atoms with Crippen LogP contribution in [0, 0.1) is 0 Å². The lowest BCUT2D eigenvalue weighted by atomic mass is 10.1. The zero-order valence-corrected chi connectivity index (χ0v) is 9.16. The lowest BCUT2D eigenvalue weighted by molar-refractivity contribution is 0.609. The van der Waals surface area contributed by atoms with Crippen molar-refractivity contribution in [1.82, 2.24) is 5.32 Å². The molecule has 1 heterocycles. The average Bonchev–Trinajstić information content (AvgIpc) is 2.61. The summed E-state index contributed by atoms with van der Waals surface area (Å²) in [5, 5.41) is 5.49. The standard InChI is InChI=1S/C11H17NS/c1-4-6-10(12-3)11-9(5-2)7-8-13-11/h4,7-8,10,12H,1,5-6H2,2-3H3. The highest BCUT2D eigenvalue weighted by atomic mass is 32.1. The van der Waals surface area contributed by atoms with Crippen LogP contribution in [-0.4, -0.2) is 7.05 Å². The minimum Gasteiger partial charge on any atom is -0.312 e. The number of rotatable bonds is 5. The van der Waals surface area contributed by atoms with Crippen molar-refractivity contribution in [2.24, 2.45) is 0 Å². The number of nitrogens with one attached hydrogen (secondary N) is 1. The molecule has 1 atom stereocenters. The fourth-order valence-electron chi connectivity index (χ4n) is 1.47. The first-order chi connectivity index (χ1) is 6.33. The summed E-state index contributed by atoms with van der Waals surface area (Å²) in [7, 11) is 2.01. The molecule has 0 bridgehead atoms. The van der Waals surface area contributed by atoms with Crippen LogP contribution >= 0.6 is 11.3 Å². The molecule has 1 N–H and O–H groups in total. The van der Waals surface area contributed by atoms with Crippen LogP contribution in [0.4, 0.5) is 0 Å². The summed E-state index contributed by atoms with van der Waals surface area (Å²) >= 11 is 1.84. The second-order valence-electron chi connectivity index (χ2n) is 3.03. The summed E-state index contributed by atoms with van der Waals surface area (Å²) in [5.41, 5.74) is 1.46. The summed E-state index contributed by atoms with van der Waals surface area (Å²) < 4.78 is 0. The normalized spacial score (nSPS) is 12.8. The zero-order chi connectivity index (χ0) is 9.68. The summed E-state index contributed by atoms with van der Waals surface area (Å²) in [6.07, 6.45) is 4.10. The third-order valence-corrected chi connectivity index (χ3v) is 3.30. The number of hydrogen-bond acceptors (Lipinski definition) is 2. The summed E-state index contributed by atoms with van der Waals surface area (Å²) in [6.45, 7) is 5.98. The Kier molecular flexibility index (Phi) is 4.19. The van der Waals surface area contributed by atoms with Crippen molar-refractivity contribution in [2.45, 2.75) is 25.8 Å². The van der Waals surface area contributed by atoms with Crippen LogP contribution in [0.3, 0.4) is 0 Å². The lowest BCUT2D eigenvalue weighted by Crippen LogP contribution is -2.15. The Morgan fingerprint density at radius 3 is 3.00 bits per heavy atom. The van der Waals surface area contributed by atoms with Crippen molar-refractivity contribution in [3.05, 3.63) is 34.5 Å². The molecule has 0 aliphatic carbocycles. The second kappa shape index (κ2) is 5.20. The Hall–Kier alpha value is -0.600. The fourth-order valence-corrected chi connectivity index (χ4v) is 2.59. The highest BCUT2D eigenvalue weighted by molar-refractivity contribution is 7.10. The van der Waals surface area contributed by atoms with E-state index >= 15 is 0 Å². The molecule has 0 aliphatic rings. The van der Waals surface area contributed by atoms with E-state index in [0.29, 0.717) is 6.04 Å². The first-order valence-electron chi connectivity index (χ1n) is 4.67. The van der Waals surface area contributed by atoms with Gasteiger partial charge >= 0.3 is 0 Å². The molecule has 0 aliphatic heterocycles. The molecule has 1 aromatic heterocycles. The number of thiophene rings is 1. The fraction of sp³-hybridized carbons (Fsp3) is 0.455. The van der Waals surface area contributed by atoms with Crippen molar-refractivity contribution in [1.29, 1.82) is 0 Å². The molecular formula is C11H17NS. The predicted molar refractivity (Wildman–Crippen MR) is 60.3 cm³/mol. The number of hydrogen-bond donors (Lipinski definition) is 1. The average molecular weight is 195 g/mol. The molecule has 13 heavy (non-hydrogen) atoms. The van der Waals surface area contributed by atoms with E-state index in [-0.39, 0.29) is 0 Å². The third-order valence-electron chi connectivity index (χ3n) is 2.23. The smallest absolute Gasteiger partial charge is 0.0449 e. The SMILES string of the molecule is C=CCC(NC)c1sccc1CC. The molecule has 0 saturated carbocycles. The van der Waals surface area contributed by atoms with Gasteiger partial charge in [0.05, 0.1) is 0 Å². The highest BCUT2D eigenvalue weighted by Gasteiger charge is 2.11. The van der Waals surface area contributed by atoms with E-state index < -0.39 is 0 Å². The Labute approximate surface area is 84.5 Å². The maximum Gasteiger partial charge on any atom is 0.0449 e. The van der Waals surface area contributed by atoms with Gasteiger partial charge in [0.25, 0.3) is 0 Å². The van der Waals surface area contributed by atoms with E-state index in [0.717, 1.165) is 12.8 Å². The van der Waals surface area contributed by atoms with Gasteiger partial charge in [-0.1, -0.05) is 13.0 Å². The van der Waals surface area contributed by atoms with Gasteiger partial charge in [0.2, 0.25) is 0 Å². The molecule has 2 heteroatoms. The molecule has 1 aromatic rings. The van der Waals surface area contributed by atoms with Crippen molar-refractivity contribution >= 4 is 11.3 Å². The van der Waals surface area contributed by atoms with Gasteiger partial charge < -0.3 is 5.32 Å². The largest absolute Gasteiger partial charge is 0.312 e. The maximum atomic E-state index is 3.78. The first-order valence-corrected chi connectivity index (χ1v) is 5.55. The van der Waals surface area contributed by atoms with Crippen LogP contribution in [-0.2, 0) is 6.42 Å². The second-order valence-corrected chi connectivity index (χ2v) is 3.98. The summed E-state index contributed by atoms with van der Waals surface area (Å²) in [6, 6.07) is 2.67. The first kappa shape index (κ1) is 10.5. The number of aryl methyl sites for hydroxylation is 1. The Morgan fingerprint density at radius 2 is 2.46 bits per heavy atom. The lowest BCUT2D eigenvalue weighted by Gasteiger charge is -2.13. The molecule has 1 unspecified atom stereocenters. The van der Waals surface area contributed by atoms with Crippen LogP contribution < -0.4 is 5.32 Å². The summed E-state index contributed by atoms with van der Waals surface area (Å²) in [4.78, 5) is 1.46. The van der Waals surface area contributed by atoms with Crippen molar-refractivity contribution in [3.8, 4) is 0 Å². The van der Waals surface area contributed by atoms with Crippen LogP contribution in [0.1, 0.15) is 29.8 Å². The van der Waals surface area contributed by atoms with E-state index in [1.165, 1.54) is 10.4 Å². The Morgan fingerprint density at radius 1 is 1.69 bits per heavy atom. The minimum atomic E-state index is 0.451. The minimum absolute atomic E-state index is 0.451. The zero-order valence-electron chi connectivity index (χ0n) is 8.34. The van der Waals surface area contributed by atoms with Crippen LogP contribution in [0.25, 0.3) is 0 Å². The van der Waals surface area contributed by atoms with Crippen LogP contribution in [0.5, 0.6) is 0 Å². The molecular weight excluding hydrogens is 178 g/mol. The van der Waals surface area contributed by atoms with E-state index in [4.69, 9.17) is 0 Å². The molecule has 1 rings (SSSR count). The van der Waals surface area contributed by atoms with Crippen molar-refractivity contribution in [3.63, 3.8) is 0 Å². The van der Waals surface area contributed by atoms with Gasteiger partial charge in [-0.2, -0.15) is 0 Å². The van der Waals surface area contributed by atoms with Gasteiger partial charge in [0.15, 0.2) is 0 Å². The van der Waals surface area contributed by atoms with Gasteiger partial charge in [0.1, 0.15) is 0 Å². The van der Waals surface area contributed by atoms with E-state index in [2.05, 4.69) is 30.3 Å². The molecule has 0 radical (unpaired) electrons. The molecule has 0 aromatic carbocycles. The van der Waals surface area contributed by atoms with E-state index in [9.17, 15) is 0 Å². The quantitative estimate of drug-likeness (QED) is 0.712. The topological polar surface area (TPSA) is 12.0 Å².